The zero-order valence-corrected chi connectivity index (χ0v) is 21.5. The molecule has 8 nitrogen and oxygen atoms in total. The molecule has 2 fully saturated rings. The standard InChI is InChI=1S/C28H26ClFN4O4/c1-14-19-11-21(30)20(29)12-22(19)31-25(14)28(38)33-8-6-15(7-9-33)16-2-3-18-17(10-16)13-34(27(18)37)23-4-5-24(35)32-26(23)36/h2-3,10-12,15,23,31H,4-9,13H2,1H3,(H,32,35,36). The molecular formula is C28H26ClFN4O4. The number of aromatic nitrogens is 1. The molecule has 2 N–H and O–H groups in total. The van der Waals surface area contributed by atoms with Gasteiger partial charge >= 0.3 is 0 Å². The van der Waals surface area contributed by atoms with E-state index in [4.69, 9.17) is 11.6 Å². The highest BCUT2D eigenvalue weighted by atomic mass is 35.5. The number of aromatic amines is 1. The summed E-state index contributed by atoms with van der Waals surface area (Å²) in [6, 6.07) is 8.06. The van der Waals surface area contributed by atoms with Gasteiger partial charge in [-0.25, -0.2) is 4.39 Å². The molecule has 0 bridgehead atoms. The predicted octanol–water partition coefficient (Wildman–Crippen LogP) is 4.05. The summed E-state index contributed by atoms with van der Waals surface area (Å²) >= 11 is 5.91. The monoisotopic (exact) mass is 536 g/mol. The van der Waals surface area contributed by atoms with Gasteiger partial charge in [0.15, 0.2) is 0 Å². The maximum Gasteiger partial charge on any atom is 0.270 e. The van der Waals surface area contributed by atoms with Gasteiger partial charge < -0.3 is 14.8 Å². The first-order valence-corrected chi connectivity index (χ1v) is 13.1. The summed E-state index contributed by atoms with van der Waals surface area (Å²) in [7, 11) is 0. The minimum absolute atomic E-state index is 0.00911. The molecule has 1 unspecified atom stereocenters. The second-order valence-electron chi connectivity index (χ2n) is 10.3. The van der Waals surface area contributed by atoms with Crippen molar-refractivity contribution in [2.24, 2.45) is 0 Å². The van der Waals surface area contributed by atoms with Gasteiger partial charge in [0.1, 0.15) is 17.6 Å². The largest absolute Gasteiger partial charge is 0.350 e. The van der Waals surface area contributed by atoms with E-state index in [1.165, 1.54) is 12.1 Å². The van der Waals surface area contributed by atoms with Gasteiger partial charge in [-0.2, -0.15) is 0 Å². The molecule has 3 aromatic rings. The molecule has 1 aromatic heterocycles. The van der Waals surface area contributed by atoms with E-state index in [0.717, 1.165) is 24.0 Å². The van der Waals surface area contributed by atoms with Gasteiger partial charge in [0.2, 0.25) is 11.8 Å². The fourth-order valence-electron chi connectivity index (χ4n) is 5.96. The lowest BCUT2D eigenvalue weighted by Gasteiger charge is -2.32. The Bertz CT molecular complexity index is 1520. The van der Waals surface area contributed by atoms with E-state index in [1.54, 1.807) is 11.8 Å². The summed E-state index contributed by atoms with van der Waals surface area (Å²) in [6.45, 7) is 3.30. The van der Waals surface area contributed by atoms with Crippen molar-refractivity contribution in [3.63, 3.8) is 0 Å². The number of carbonyl (C=O) groups excluding carboxylic acids is 4. The summed E-state index contributed by atoms with van der Waals surface area (Å²) in [6.07, 6.45) is 2.10. The molecule has 3 aliphatic heterocycles. The van der Waals surface area contributed by atoms with Crippen LogP contribution in [0.2, 0.25) is 5.02 Å². The fourth-order valence-corrected chi connectivity index (χ4v) is 6.12. The zero-order chi connectivity index (χ0) is 26.7. The second-order valence-corrected chi connectivity index (χ2v) is 10.7. The Morgan fingerprint density at radius 3 is 2.58 bits per heavy atom. The van der Waals surface area contributed by atoms with Crippen LogP contribution in [0.5, 0.6) is 0 Å². The van der Waals surface area contributed by atoms with Crippen molar-refractivity contribution in [1.29, 1.82) is 0 Å². The van der Waals surface area contributed by atoms with E-state index in [0.29, 0.717) is 53.8 Å². The highest BCUT2D eigenvalue weighted by Gasteiger charge is 2.39. The van der Waals surface area contributed by atoms with Gasteiger partial charge in [0.05, 0.1) is 5.02 Å². The van der Waals surface area contributed by atoms with Crippen LogP contribution in [-0.4, -0.2) is 57.5 Å². The number of carbonyl (C=O) groups is 4. The number of imide groups is 1. The Labute approximate surface area is 223 Å². The second kappa shape index (κ2) is 9.23. The van der Waals surface area contributed by atoms with Crippen molar-refractivity contribution in [3.8, 4) is 0 Å². The fraction of sp³-hybridized carbons (Fsp3) is 0.357. The lowest BCUT2D eigenvalue weighted by Crippen LogP contribution is -2.52. The molecule has 38 heavy (non-hydrogen) atoms. The van der Waals surface area contributed by atoms with Crippen LogP contribution in [0, 0.1) is 12.7 Å². The van der Waals surface area contributed by atoms with Crippen molar-refractivity contribution in [2.45, 2.75) is 51.1 Å². The quantitative estimate of drug-likeness (QED) is 0.493. The normalized spacial score (nSPS) is 20.3. The van der Waals surface area contributed by atoms with Crippen LogP contribution in [0.25, 0.3) is 10.9 Å². The molecule has 6 rings (SSSR count). The Balaban J connectivity index is 1.14. The summed E-state index contributed by atoms with van der Waals surface area (Å²) in [5, 5.41) is 2.98. The highest BCUT2D eigenvalue weighted by Crippen LogP contribution is 2.34. The first kappa shape index (κ1) is 24.6. The van der Waals surface area contributed by atoms with Crippen molar-refractivity contribution < 1.29 is 23.6 Å². The van der Waals surface area contributed by atoms with E-state index < -0.39 is 17.8 Å². The SMILES string of the molecule is Cc1c(C(=O)N2CCC(c3ccc4c(c3)CN(C3CCC(=O)NC3=O)C4=O)CC2)[nH]c2cc(Cl)c(F)cc12. The molecule has 4 heterocycles. The van der Waals surface area contributed by atoms with Crippen molar-refractivity contribution in [2.75, 3.05) is 13.1 Å². The molecule has 0 radical (unpaired) electrons. The van der Waals surface area contributed by atoms with E-state index in [1.807, 2.05) is 23.1 Å². The summed E-state index contributed by atoms with van der Waals surface area (Å²) in [4.78, 5) is 56.6. The van der Waals surface area contributed by atoms with Gasteiger partial charge in [-0.15, -0.1) is 0 Å². The Hall–Kier alpha value is -3.72. The number of nitrogens with one attached hydrogen (secondary N) is 2. The number of halogens is 2. The molecule has 196 valence electrons. The molecule has 2 aromatic carbocycles. The number of fused-ring (bicyclic) bond motifs is 2. The van der Waals surface area contributed by atoms with Gasteiger partial charge in [-0.3, -0.25) is 24.5 Å². The van der Waals surface area contributed by atoms with Crippen LogP contribution >= 0.6 is 11.6 Å². The van der Waals surface area contributed by atoms with E-state index in [9.17, 15) is 23.6 Å². The maximum atomic E-state index is 14.0. The summed E-state index contributed by atoms with van der Waals surface area (Å²) in [5.41, 5.74) is 4.37. The molecule has 4 amide bonds. The maximum absolute atomic E-state index is 14.0. The van der Waals surface area contributed by atoms with E-state index in [-0.39, 0.29) is 35.1 Å². The van der Waals surface area contributed by atoms with E-state index in [2.05, 4.69) is 10.3 Å². The Morgan fingerprint density at radius 2 is 1.84 bits per heavy atom. The smallest absolute Gasteiger partial charge is 0.270 e. The van der Waals surface area contributed by atoms with Crippen molar-refractivity contribution in [1.82, 2.24) is 20.1 Å². The van der Waals surface area contributed by atoms with Crippen LogP contribution < -0.4 is 5.32 Å². The lowest BCUT2D eigenvalue weighted by molar-refractivity contribution is -0.136. The molecule has 3 aliphatic rings. The number of benzene rings is 2. The minimum Gasteiger partial charge on any atom is -0.350 e. The number of H-pyrrole nitrogens is 1. The number of aryl methyl sites for hydroxylation is 1. The Morgan fingerprint density at radius 1 is 1.08 bits per heavy atom. The highest BCUT2D eigenvalue weighted by molar-refractivity contribution is 6.31. The van der Waals surface area contributed by atoms with Crippen LogP contribution in [0.3, 0.4) is 0 Å². The molecule has 0 saturated carbocycles. The summed E-state index contributed by atoms with van der Waals surface area (Å²) in [5.74, 6) is -1.30. The Kier molecular flexibility index (Phi) is 5.98. The number of hydrogen-bond donors (Lipinski definition) is 2. The zero-order valence-electron chi connectivity index (χ0n) is 20.8. The predicted molar refractivity (Wildman–Crippen MR) is 138 cm³/mol. The number of hydrogen-bond acceptors (Lipinski definition) is 4. The van der Waals surface area contributed by atoms with Gasteiger partial charge in [0.25, 0.3) is 11.8 Å². The topological polar surface area (TPSA) is 103 Å². The molecule has 2 saturated heterocycles. The van der Waals surface area contributed by atoms with E-state index >= 15 is 0 Å². The molecule has 10 heteroatoms. The number of amides is 4. The number of likely N-dealkylation sites (tertiary alicyclic amines) is 1. The summed E-state index contributed by atoms with van der Waals surface area (Å²) < 4.78 is 14.0. The van der Waals surface area contributed by atoms with Crippen molar-refractivity contribution in [3.05, 3.63) is 69.1 Å². The van der Waals surface area contributed by atoms with Crippen LogP contribution in [0.1, 0.15) is 69.1 Å². The first-order valence-electron chi connectivity index (χ1n) is 12.8. The molecule has 0 aliphatic carbocycles. The third-order valence-electron chi connectivity index (χ3n) is 8.11. The minimum atomic E-state index is -0.633. The first-order chi connectivity index (χ1) is 18.2. The molecule has 1 atom stereocenters. The molecule has 0 spiro atoms. The molecular weight excluding hydrogens is 511 g/mol. The van der Waals surface area contributed by atoms with Gasteiger partial charge in [-0.05, 0) is 67.0 Å². The van der Waals surface area contributed by atoms with Crippen LogP contribution in [-0.2, 0) is 16.1 Å². The number of rotatable bonds is 3. The lowest BCUT2D eigenvalue weighted by atomic mass is 9.87. The average Bonchev–Trinajstić information content (AvgIpc) is 3.40. The van der Waals surface area contributed by atoms with Crippen LogP contribution in [0.15, 0.2) is 30.3 Å². The van der Waals surface area contributed by atoms with Gasteiger partial charge in [-0.1, -0.05) is 23.7 Å². The van der Waals surface area contributed by atoms with Gasteiger partial charge in [0, 0.05) is 42.5 Å². The third-order valence-corrected chi connectivity index (χ3v) is 8.40. The number of piperidine rings is 2. The third kappa shape index (κ3) is 4.05. The van der Waals surface area contributed by atoms with Crippen LogP contribution in [0.4, 0.5) is 4.39 Å². The average molecular weight is 537 g/mol. The number of nitrogens with zero attached hydrogens (tertiary/aromatic N) is 2. The van der Waals surface area contributed by atoms with Crippen molar-refractivity contribution >= 4 is 46.1 Å².